The van der Waals surface area contributed by atoms with Gasteiger partial charge in [-0.25, -0.2) is 0 Å². The van der Waals surface area contributed by atoms with E-state index in [0.29, 0.717) is 11.3 Å². The summed E-state index contributed by atoms with van der Waals surface area (Å²) in [6.07, 6.45) is 1.52. The number of phenolic OH excluding ortho intramolecular Hbond substituents is 2. The van der Waals surface area contributed by atoms with Crippen LogP contribution in [0.4, 0.5) is 5.69 Å². The Kier molecular flexibility index (Phi) is 6.72. The normalized spacial score (nSPS) is 9.56. The predicted octanol–water partition coefficient (Wildman–Crippen LogP) is 2.02. The number of aromatic hydroxyl groups is 2. The Morgan fingerprint density at radius 3 is 2.00 bits per heavy atom. The average Bonchev–Trinajstić information content (AvgIpc) is 2.30. The first-order valence-electron chi connectivity index (χ1n) is 4.87. The van der Waals surface area contributed by atoms with Crippen molar-refractivity contribution in [1.82, 2.24) is 0 Å². The number of hydrogen-bond donors (Lipinski definition) is 2. The molecule has 0 amide bonds. The predicted molar refractivity (Wildman–Crippen MR) is 67.1 cm³/mol. The van der Waals surface area contributed by atoms with Gasteiger partial charge in [-0.15, -0.1) is 0 Å². The van der Waals surface area contributed by atoms with Crippen LogP contribution >= 0.6 is 0 Å². The molecule has 4 nitrogen and oxygen atoms in total. The fourth-order valence-corrected chi connectivity index (χ4v) is 1.31. The minimum absolute atomic E-state index is 0. The van der Waals surface area contributed by atoms with Crippen molar-refractivity contribution in [3.8, 4) is 11.5 Å². The van der Waals surface area contributed by atoms with E-state index in [2.05, 4.69) is 4.99 Å². The number of nitrogens with zero attached hydrogens (tertiary/aromatic N) is 1. The molecule has 0 saturated heterocycles. The minimum Gasteiger partial charge on any atom is -0.507 e. The van der Waals surface area contributed by atoms with Crippen molar-refractivity contribution in [2.24, 2.45) is 4.99 Å². The van der Waals surface area contributed by atoms with Gasteiger partial charge in [0.2, 0.25) is 0 Å². The molecule has 0 radical (unpaired) electrons. The van der Waals surface area contributed by atoms with Gasteiger partial charge in [0.25, 0.3) is 0 Å². The summed E-state index contributed by atoms with van der Waals surface area (Å²) in [6.45, 7) is 0. The van der Waals surface area contributed by atoms with Crippen molar-refractivity contribution >= 4 is 11.9 Å². The summed E-state index contributed by atoms with van der Waals surface area (Å²) in [7, 11) is 0. The van der Waals surface area contributed by atoms with Gasteiger partial charge in [0.15, 0.2) is 0 Å². The average molecular weight is 290 g/mol. The number of hydrogen-bond acceptors (Lipinski definition) is 3. The molecule has 0 heterocycles. The van der Waals surface area contributed by atoms with Gasteiger partial charge in [-0.05, 0) is 24.3 Å². The van der Waals surface area contributed by atoms with Gasteiger partial charge < -0.3 is 15.7 Å². The van der Waals surface area contributed by atoms with Crippen LogP contribution in [0.15, 0.2) is 53.5 Å². The van der Waals surface area contributed by atoms with Gasteiger partial charge in [-0.2, -0.15) is 0 Å². The molecule has 0 aromatic heterocycles. The molecule has 2 rings (SSSR count). The van der Waals surface area contributed by atoms with E-state index in [9.17, 15) is 10.2 Å². The molecule has 4 N–H and O–H groups in total. The summed E-state index contributed by atoms with van der Waals surface area (Å²) >= 11 is 0. The molecule has 0 unspecified atom stereocenters. The van der Waals surface area contributed by atoms with Crippen LogP contribution < -0.4 is 0 Å². The van der Waals surface area contributed by atoms with E-state index in [-0.39, 0.29) is 33.5 Å². The van der Waals surface area contributed by atoms with Crippen molar-refractivity contribution in [2.75, 3.05) is 0 Å². The van der Waals surface area contributed by atoms with Gasteiger partial charge >= 0.3 is 0 Å². The van der Waals surface area contributed by atoms with Crippen LogP contribution in [0.1, 0.15) is 5.56 Å². The Labute approximate surface area is 115 Å². The first-order valence-corrected chi connectivity index (χ1v) is 4.87. The molecule has 0 spiro atoms. The third-order valence-electron chi connectivity index (χ3n) is 2.16. The Bertz CT molecular complexity index is 482. The van der Waals surface area contributed by atoms with Crippen LogP contribution in [-0.2, 0) is 16.5 Å². The standard InChI is InChI=1S/C13H11NO2.Ni.H2O/c15-12-7-3-1-5-10(12)9-14-11-6-2-4-8-13(11)16;;/h1-9,15-16H;;1H2. The van der Waals surface area contributed by atoms with Crippen molar-refractivity contribution in [1.29, 1.82) is 0 Å². The SMILES string of the molecule is O.Oc1ccccc1C=Nc1ccccc1O.[Ni]. The molecule has 18 heavy (non-hydrogen) atoms. The number of rotatable bonds is 2. The zero-order valence-corrected chi connectivity index (χ0v) is 10.3. The number of para-hydroxylation sites is 3. The van der Waals surface area contributed by atoms with Crippen molar-refractivity contribution in [3.05, 3.63) is 54.1 Å². The van der Waals surface area contributed by atoms with Gasteiger partial charge in [-0.1, -0.05) is 24.3 Å². The van der Waals surface area contributed by atoms with E-state index in [1.165, 1.54) is 6.21 Å². The van der Waals surface area contributed by atoms with Crippen molar-refractivity contribution < 1.29 is 32.2 Å². The second-order valence-electron chi connectivity index (χ2n) is 3.31. The Morgan fingerprint density at radius 2 is 1.39 bits per heavy atom. The third kappa shape index (κ3) is 3.88. The van der Waals surface area contributed by atoms with E-state index >= 15 is 0 Å². The maximum Gasteiger partial charge on any atom is 0.141 e. The molecule has 2 aromatic carbocycles. The molecule has 0 aliphatic heterocycles. The van der Waals surface area contributed by atoms with E-state index in [1.807, 2.05) is 6.07 Å². The quantitative estimate of drug-likeness (QED) is 0.655. The Hall–Kier alpha value is -1.84. The maximum atomic E-state index is 9.50. The maximum absolute atomic E-state index is 9.50. The van der Waals surface area contributed by atoms with Gasteiger partial charge in [0.1, 0.15) is 17.2 Å². The van der Waals surface area contributed by atoms with Crippen LogP contribution in [0.3, 0.4) is 0 Å². The van der Waals surface area contributed by atoms with Crippen molar-refractivity contribution in [2.45, 2.75) is 0 Å². The second kappa shape index (κ2) is 7.48. The minimum atomic E-state index is 0. The van der Waals surface area contributed by atoms with Gasteiger partial charge in [0, 0.05) is 28.3 Å². The van der Waals surface area contributed by atoms with E-state index in [1.54, 1.807) is 42.5 Å². The molecule has 0 atom stereocenters. The summed E-state index contributed by atoms with van der Waals surface area (Å²) in [5.41, 5.74) is 1.09. The Balaban J connectivity index is 0.00000144. The number of benzene rings is 2. The van der Waals surface area contributed by atoms with Gasteiger partial charge in [-0.3, -0.25) is 4.99 Å². The summed E-state index contributed by atoms with van der Waals surface area (Å²) in [6, 6.07) is 13.7. The van der Waals surface area contributed by atoms with Crippen molar-refractivity contribution in [3.63, 3.8) is 0 Å². The summed E-state index contributed by atoms with van der Waals surface area (Å²) in [5, 5.41) is 19.0. The molecule has 98 valence electrons. The molecule has 0 fully saturated rings. The first kappa shape index (κ1) is 16.2. The van der Waals surface area contributed by atoms with E-state index < -0.39 is 0 Å². The number of aliphatic imine (C=N–C) groups is 1. The second-order valence-corrected chi connectivity index (χ2v) is 3.31. The zero-order chi connectivity index (χ0) is 11.4. The van der Waals surface area contributed by atoms with Crippen LogP contribution in [0.2, 0.25) is 0 Å². The third-order valence-corrected chi connectivity index (χ3v) is 2.16. The zero-order valence-electron chi connectivity index (χ0n) is 9.35. The summed E-state index contributed by atoms with van der Waals surface area (Å²) in [5.74, 6) is 0.288. The Morgan fingerprint density at radius 1 is 0.833 bits per heavy atom. The summed E-state index contributed by atoms with van der Waals surface area (Å²) in [4.78, 5) is 4.10. The molecule has 0 aliphatic carbocycles. The van der Waals surface area contributed by atoms with Crippen LogP contribution in [-0.4, -0.2) is 21.9 Å². The molecular weight excluding hydrogens is 277 g/mol. The van der Waals surface area contributed by atoms with Gasteiger partial charge in [0.05, 0.1) is 0 Å². The number of phenols is 2. The van der Waals surface area contributed by atoms with E-state index in [4.69, 9.17) is 0 Å². The fraction of sp³-hybridized carbons (Fsp3) is 0. The van der Waals surface area contributed by atoms with Crippen LogP contribution in [0.25, 0.3) is 0 Å². The first-order chi connectivity index (χ1) is 7.77. The molecular formula is C13H13NNiO3. The topological polar surface area (TPSA) is 84.3 Å². The monoisotopic (exact) mass is 289 g/mol. The summed E-state index contributed by atoms with van der Waals surface area (Å²) < 4.78 is 0. The molecule has 0 aliphatic rings. The molecule has 0 saturated carbocycles. The molecule has 2 aromatic rings. The molecule has 5 heteroatoms. The fourth-order valence-electron chi connectivity index (χ4n) is 1.31. The van der Waals surface area contributed by atoms with E-state index in [0.717, 1.165) is 0 Å². The smallest absolute Gasteiger partial charge is 0.141 e. The van der Waals surface area contributed by atoms with Crippen LogP contribution in [0.5, 0.6) is 11.5 Å². The van der Waals surface area contributed by atoms with Crippen LogP contribution in [0, 0.1) is 0 Å². The largest absolute Gasteiger partial charge is 0.507 e. The molecule has 0 bridgehead atoms.